The third-order valence-electron chi connectivity index (χ3n) is 2.41. The van der Waals surface area contributed by atoms with E-state index in [1.54, 1.807) is 6.08 Å². The first-order valence-corrected chi connectivity index (χ1v) is 6.07. The Morgan fingerprint density at radius 3 is 2.94 bits per heavy atom. The lowest BCUT2D eigenvalue weighted by Crippen LogP contribution is -2.06. The van der Waals surface area contributed by atoms with Crippen LogP contribution in [0.2, 0.25) is 0 Å². The number of carbonyl (C=O) groups is 1. The molecule has 0 bridgehead atoms. The van der Waals surface area contributed by atoms with Gasteiger partial charge in [0.25, 0.3) is 0 Å². The van der Waals surface area contributed by atoms with Crippen LogP contribution < -0.4 is 4.74 Å². The molecule has 0 aliphatic carbocycles. The van der Waals surface area contributed by atoms with Gasteiger partial charge >= 0.3 is 5.97 Å². The van der Waals surface area contributed by atoms with Crippen LogP contribution in [0.4, 0.5) is 0 Å². The molecule has 0 amide bonds. The summed E-state index contributed by atoms with van der Waals surface area (Å²) in [6, 6.07) is 7.44. The van der Waals surface area contributed by atoms with Gasteiger partial charge in [0.15, 0.2) is 0 Å². The minimum Gasteiger partial charge on any atom is -0.493 e. The van der Waals surface area contributed by atoms with E-state index in [0.717, 1.165) is 5.56 Å². The zero-order chi connectivity index (χ0) is 13.0. The standard InChI is InChI=1S/C13H12ClNO3/c1-2-17-12-6-4-3-5-9(12)7-10-11(8-14)15-18-13(10)16/h3-7H,2,8H2,1H3. The Kier molecular flexibility index (Phi) is 3.99. The zero-order valence-corrected chi connectivity index (χ0v) is 10.6. The normalized spacial score (nSPS) is 16.7. The van der Waals surface area contributed by atoms with Crippen molar-refractivity contribution >= 4 is 29.4 Å². The van der Waals surface area contributed by atoms with Crippen molar-refractivity contribution in [2.75, 3.05) is 12.5 Å². The second kappa shape index (κ2) is 5.69. The van der Waals surface area contributed by atoms with Crippen molar-refractivity contribution in [2.45, 2.75) is 6.92 Å². The fraction of sp³-hybridized carbons (Fsp3) is 0.231. The van der Waals surface area contributed by atoms with Crippen LogP contribution in [0.5, 0.6) is 5.75 Å². The highest BCUT2D eigenvalue weighted by atomic mass is 35.5. The van der Waals surface area contributed by atoms with Crippen molar-refractivity contribution < 1.29 is 14.4 Å². The van der Waals surface area contributed by atoms with E-state index in [1.165, 1.54) is 0 Å². The fourth-order valence-electron chi connectivity index (χ4n) is 1.59. The van der Waals surface area contributed by atoms with Gasteiger partial charge in [-0.3, -0.25) is 0 Å². The number of ether oxygens (including phenoxy) is 1. The van der Waals surface area contributed by atoms with E-state index < -0.39 is 5.97 Å². The molecule has 0 aromatic heterocycles. The van der Waals surface area contributed by atoms with Crippen LogP contribution in [0.1, 0.15) is 12.5 Å². The quantitative estimate of drug-likeness (QED) is 0.478. The Morgan fingerprint density at radius 1 is 1.44 bits per heavy atom. The molecule has 0 N–H and O–H groups in total. The summed E-state index contributed by atoms with van der Waals surface area (Å²) in [5.74, 6) is 0.354. The molecule has 1 aliphatic rings. The van der Waals surface area contributed by atoms with Crippen LogP contribution in [-0.4, -0.2) is 24.2 Å². The summed E-state index contributed by atoms with van der Waals surface area (Å²) in [7, 11) is 0. The molecule has 0 spiro atoms. The molecule has 0 radical (unpaired) electrons. The first-order valence-electron chi connectivity index (χ1n) is 5.54. The van der Waals surface area contributed by atoms with Crippen molar-refractivity contribution in [3.8, 4) is 5.75 Å². The SMILES string of the molecule is CCOc1ccccc1C=C1C(=O)ON=C1CCl. The molecule has 1 aromatic carbocycles. The summed E-state index contributed by atoms with van der Waals surface area (Å²) in [4.78, 5) is 16.1. The minimum absolute atomic E-state index is 0.133. The van der Waals surface area contributed by atoms with Crippen LogP contribution in [0.15, 0.2) is 35.0 Å². The monoisotopic (exact) mass is 265 g/mol. The van der Waals surface area contributed by atoms with Gasteiger partial charge in [-0.1, -0.05) is 23.4 Å². The molecule has 0 fully saturated rings. The Balaban J connectivity index is 2.38. The Bertz CT molecular complexity index is 523. The molecule has 1 aromatic rings. The van der Waals surface area contributed by atoms with Gasteiger partial charge < -0.3 is 9.57 Å². The molecule has 4 nitrogen and oxygen atoms in total. The van der Waals surface area contributed by atoms with Crippen LogP contribution >= 0.6 is 11.6 Å². The first-order chi connectivity index (χ1) is 8.76. The highest BCUT2D eigenvalue weighted by molar-refractivity contribution is 6.38. The van der Waals surface area contributed by atoms with Crippen molar-refractivity contribution in [1.29, 1.82) is 0 Å². The smallest absolute Gasteiger partial charge is 0.367 e. The maximum Gasteiger partial charge on any atom is 0.367 e. The number of hydrogen-bond donors (Lipinski definition) is 0. The summed E-state index contributed by atoms with van der Waals surface area (Å²) in [5.41, 5.74) is 1.61. The average molecular weight is 266 g/mol. The molecule has 1 heterocycles. The van der Waals surface area contributed by atoms with E-state index in [-0.39, 0.29) is 5.88 Å². The van der Waals surface area contributed by atoms with Gasteiger partial charge in [0.05, 0.1) is 18.1 Å². The molecular formula is C13H12ClNO3. The summed E-state index contributed by atoms with van der Waals surface area (Å²) in [5, 5.41) is 3.61. The molecule has 94 valence electrons. The van der Waals surface area contributed by atoms with E-state index in [4.69, 9.17) is 16.3 Å². The number of carbonyl (C=O) groups excluding carboxylic acids is 1. The van der Waals surface area contributed by atoms with Gasteiger partial charge in [0, 0.05) is 5.56 Å². The minimum atomic E-state index is -0.489. The largest absolute Gasteiger partial charge is 0.493 e. The number of oxime groups is 1. The average Bonchev–Trinajstić information content (AvgIpc) is 2.73. The fourth-order valence-corrected chi connectivity index (χ4v) is 1.79. The number of para-hydroxylation sites is 1. The molecule has 1 aliphatic heterocycles. The predicted molar refractivity (Wildman–Crippen MR) is 69.8 cm³/mol. The van der Waals surface area contributed by atoms with Gasteiger partial charge in [-0.15, -0.1) is 11.6 Å². The third-order valence-corrected chi connectivity index (χ3v) is 2.67. The summed E-state index contributed by atoms with van der Waals surface area (Å²) in [6.07, 6.45) is 1.68. The summed E-state index contributed by atoms with van der Waals surface area (Å²) >= 11 is 5.70. The Morgan fingerprint density at radius 2 is 2.22 bits per heavy atom. The second-order valence-corrected chi connectivity index (χ2v) is 3.85. The van der Waals surface area contributed by atoms with Crippen LogP contribution in [0, 0.1) is 0 Å². The number of benzene rings is 1. The predicted octanol–water partition coefficient (Wildman–Crippen LogP) is 2.62. The molecule has 0 atom stereocenters. The van der Waals surface area contributed by atoms with E-state index in [9.17, 15) is 4.79 Å². The van der Waals surface area contributed by atoms with Gasteiger partial charge in [-0.25, -0.2) is 4.79 Å². The summed E-state index contributed by atoms with van der Waals surface area (Å²) in [6.45, 7) is 2.46. The number of rotatable bonds is 4. The van der Waals surface area contributed by atoms with Gasteiger partial charge in [-0.05, 0) is 19.1 Å². The van der Waals surface area contributed by atoms with E-state index in [1.807, 2.05) is 31.2 Å². The molecule has 2 rings (SSSR count). The molecule has 0 saturated heterocycles. The number of hydrogen-bond acceptors (Lipinski definition) is 4. The molecule has 0 unspecified atom stereocenters. The van der Waals surface area contributed by atoms with Gasteiger partial charge in [-0.2, -0.15) is 0 Å². The maximum atomic E-state index is 11.5. The lowest BCUT2D eigenvalue weighted by atomic mass is 10.1. The Labute approximate surface area is 110 Å². The number of halogens is 1. The highest BCUT2D eigenvalue weighted by Gasteiger charge is 2.24. The van der Waals surface area contributed by atoms with Crippen LogP contribution in [0.25, 0.3) is 6.08 Å². The van der Waals surface area contributed by atoms with Crippen LogP contribution in [-0.2, 0) is 9.63 Å². The van der Waals surface area contributed by atoms with E-state index >= 15 is 0 Å². The van der Waals surface area contributed by atoms with Gasteiger partial charge in [0.2, 0.25) is 0 Å². The first kappa shape index (κ1) is 12.6. The molecule has 0 saturated carbocycles. The Hall–Kier alpha value is -1.81. The highest BCUT2D eigenvalue weighted by Crippen LogP contribution is 2.23. The lowest BCUT2D eigenvalue weighted by Gasteiger charge is -2.06. The summed E-state index contributed by atoms with van der Waals surface area (Å²) < 4.78 is 5.48. The topological polar surface area (TPSA) is 47.9 Å². The van der Waals surface area contributed by atoms with Crippen molar-refractivity contribution in [2.24, 2.45) is 5.16 Å². The molecule has 18 heavy (non-hydrogen) atoms. The number of alkyl halides is 1. The zero-order valence-electron chi connectivity index (χ0n) is 9.85. The molecule has 5 heteroatoms. The van der Waals surface area contributed by atoms with Crippen molar-refractivity contribution in [3.63, 3.8) is 0 Å². The maximum absolute atomic E-state index is 11.5. The number of nitrogens with zero attached hydrogens (tertiary/aromatic N) is 1. The second-order valence-electron chi connectivity index (χ2n) is 3.58. The van der Waals surface area contributed by atoms with E-state index in [2.05, 4.69) is 9.99 Å². The van der Waals surface area contributed by atoms with Crippen molar-refractivity contribution in [3.05, 3.63) is 35.4 Å². The third kappa shape index (κ3) is 2.54. The van der Waals surface area contributed by atoms with Gasteiger partial charge in [0.1, 0.15) is 11.5 Å². The van der Waals surface area contributed by atoms with Crippen LogP contribution in [0.3, 0.4) is 0 Å². The lowest BCUT2D eigenvalue weighted by molar-refractivity contribution is -0.136. The molecular weight excluding hydrogens is 254 g/mol. The van der Waals surface area contributed by atoms with Crippen molar-refractivity contribution in [1.82, 2.24) is 0 Å². The van der Waals surface area contributed by atoms with E-state index in [0.29, 0.717) is 23.6 Å².